The maximum absolute atomic E-state index is 11.5. The molecule has 0 fully saturated rings. The fraction of sp³-hybridized carbons (Fsp3) is 0.467. The van der Waals surface area contributed by atoms with E-state index < -0.39 is 5.60 Å². The van der Waals surface area contributed by atoms with Gasteiger partial charge in [0, 0.05) is 0 Å². The van der Waals surface area contributed by atoms with Crippen molar-refractivity contribution in [2.45, 2.75) is 39.7 Å². The third-order valence-corrected chi connectivity index (χ3v) is 2.30. The summed E-state index contributed by atoms with van der Waals surface area (Å²) >= 11 is 0. The second-order valence-electron chi connectivity index (χ2n) is 5.28. The monoisotopic (exact) mass is 261 g/mol. The molecule has 102 valence electrons. The molecule has 0 atom stereocenters. The number of ether oxygens (including phenoxy) is 2. The Labute approximate surface area is 113 Å². The van der Waals surface area contributed by atoms with Crippen LogP contribution in [-0.4, -0.2) is 18.2 Å². The van der Waals surface area contributed by atoms with Crippen LogP contribution < -0.4 is 4.74 Å². The highest BCUT2D eigenvalue weighted by Gasteiger charge is 2.16. The van der Waals surface area contributed by atoms with E-state index in [2.05, 4.69) is 6.07 Å². The summed E-state index contributed by atoms with van der Waals surface area (Å²) in [5, 5.41) is 8.81. The van der Waals surface area contributed by atoms with Crippen LogP contribution in [0, 0.1) is 18.3 Å². The first-order chi connectivity index (χ1) is 8.81. The number of aryl methyl sites for hydroxylation is 1. The number of hydrogen-bond acceptors (Lipinski definition) is 4. The van der Waals surface area contributed by atoms with Crippen molar-refractivity contribution < 1.29 is 14.3 Å². The van der Waals surface area contributed by atoms with Crippen molar-refractivity contribution in [2.24, 2.45) is 0 Å². The van der Waals surface area contributed by atoms with E-state index in [0.29, 0.717) is 11.3 Å². The zero-order valence-electron chi connectivity index (χ0n) is 11.8. The van der Waals surface area contributed by atoms with Gasteiger partial charge in [0.05, 0.1) is 24.7 Å². The molecule has 4 nitrogen and oxygen atoms in total. The Balaban J connectivity index is 2.50. The van der Waals surface area contributed by atoms with E-state index in [0.717, 1.165) is 5.56 Å². The van der Waals surface area contributed by atoms with Crippen LogP contribution in [0.2, 0.25) is 0 Å². The highest BCUT2D eigenvalue weighted by atomic mass is 16.6. The molecule has 0 bridgehead atoms. The minimum Gasteiger partial charge on any atom is -0.493 e. The molecule has 0 aliphatic rings. The second kappa shape index (κ2) is 6.24. The van der Waals surface area contributed by atoms with Crippen LogP contribution in [0.5, 0.6) is 5.75 Å². The van der Waals surface area contributed by atoms with Gasteiger partial charge in [-0.1, -0.05) is 6.07 Å². The molecule has 0 radical (unpaired) electrons. The van der Waals surface area contributed by atoms with E-state index in [9.17, 15) is 4.79 Å². The van der Waals surface area contributed by atoms with Crippen LogP contribution in [0.1, 0.15) is 38.3 Å². The molecular formula is C15H19NO3. The van der Waals surface area contributed by atoms with Gasteiger partial charge in [-0.15, -0.1) is 0 Å². The highest BCUT2D eigenvalue weighted by molar-refractivity contribution is 5.70. The maximum atomic E-state index is 11.5. The molecule has 1 aromatic carbocycles. The van der Waals surface area contributed by atoms with Crippen LogP contribution in [0.15, 0.2) is 18.2 Å². The van der Waals surface area contributed by atoms with Gasteiger partial charge in [0.2, 0.25) is 0 Å². The van der Waals surface area contributed by atoms with Gasteiger partial charge in [0.25, 0.3) is 0 Å². The number of hydrogen-bond donors (Lipinski definition) is 0. The molecule has 0 heterocycles. The van der Waals surface area contributed by atoms with E-state index in [-0.39, 0.29) is 19.0 Å². The number of esters is 1. The number of nitrogens with zero attached hydrogens (tertiary/aromatic N) is 1. The van der Waals surface area contributed by atoms with Crippen LogP contribution in [0.25, 0.3) is 0 Å². The topological polar surface area (TPSA) is 59.3 Å². The molecule has 4 heteroatoms. The molecule has 0 amide bonds. The molecular weight excluding hydrogens is 242 g/mol. The number of carbonyl (C=O) groups excluding carboxylic acids is 1. The second-order valence-corrected chi connectivity index (χ2v) is 5.28. The van der Waals surface area contributed by atoms with Crippen molar-refractivity contribution in [1.29, 1.82) is 5.26 Å². The summed E-state index contributed by atoms with van der Waals surface area (Å²) in [4.78, 5) is 11.5. The lowest BCUT2D eigenvalue weighted by Gasteiger charge is -2.19. The average molecular weight is 261 g/mol. The Morgan fingerprint density at radius 1 is 1.37 bits per heavy atom. The average Bonchev–Trinajstić information content (AvgIpc) is 2.29. The predicted octanol–water partition coefficient (Wildman–Crippen LogP) is 2.98. The van der Waals surface area contributed by atoms with Gasteiger partial charge in [0.1, 0.15) is 11.4 Å². The number of benzene rings is 1. The van der Waals surface area contributed by atoms with Gasteiger partial charge in [-0.25, -0.2) is 0 Å². The van der Waals surface area contributed by atoms with Crippen molar-refractivity contribution in [3.63, 3.8) is 0 Å². The van der Waals surface area contributed by atoms with Crippen molar-refractivity contribution in [2.75, 3.05) is 6.61 Å². The Morgan fingerprint density at radius 3 is 2.63 bits per heavy atom. The van der Waals surface area contributed by atoms with E-state index in [1.54, 1.807) is 12.1 Å². The van der Waals surface area contributed by atoms with Crippen molar-refractivity contribution in [3.05, 3.63) is 29.3 Å². The fourth-order valence-electron chi connectivity index (χ4n) is 1.46. The van der Waals surface area contributed by atoms with Gasteiger partial charge in [-0.05, 0) is 45.4 Å². The Bertz CT molecular complexity index is 495. The molecule has 0 spiro atoms. The summed E-state index contributed by atoms with van der Waals surface area (Å²) in [6.07, 6.45) is 0.188. The number of nitriles is 1. The van der Waals surface area contributed by atoms with Gasteiger partial charge in [0.15, 0.2) is 0 Å². The highest BCUT2D eigenvalue weighted by Crippen LogP contribution is 2.19. The van der Waals surface area contributed by atoms with E-state index in [1.165, 1.54) is 0 Å². The summed E-state index contributed by atoms with van der Waals surface area (Å²) < 4.78 is 10.7. The predicted molar refractivity (Wildman–Crippen MR) is 71.9 cm³/mol. The van der Waals surface area contributed by atoms with Crippen LogP contribution in [0.4, 0.5) is 0 Å². The minimum absolute atomic E-state index is 0.188. The van der Waals surface area contributed by atoms with Crippen LogP contribution in [0.3, 0.4) is 0 Å². The fourth-order valence-corrected chi connectivity index (χ4v) is 1.46. The zero-order valence-corrected chi connectivity index (χ0v) is 11.8. The first-order valence-electron chi connectivity index (χ1n) is 6.17. The molecule has 0 unspecified atom stereocenters. The molecule has 0 saturated heterocycles. The summed E-state index contributed by atoms with van der Waals surface area (Å²) in [5.74, 6) is 0.337. The first-order valence-corrected chi connectivity index (χ1v) is 6.17. The van der Waals surface area contributed by atoms with E-state index >= 15 is 0 Å². The molecule has 0 N–H and O–H groups in total. The SMILES string of the molecule is Cc1ccc(C#N)cc1OCCC(=O)OC(C)(C)C. The maximum Gasteiger partial charge on any atom is 0.309 e. The quantitative estimate of drug-likeness (QED) is 0.782. The molecule has 0 aromatic heterocycles. The Kier molecular flexibility index (Phi) is 4.94. The van der Waals surface area contributed by atoms with Crippen molar-refractivity contribution in [1.82, 2.24) is 0 Å². The summed E-state index contributed by atoms with van der Waals surface area (Å²) in [7, 11) is 0. The number of rotatable bonds is 4. The third-order valence-electron chi connectivity index (χ3n) is 2.30. The number of carbonyl (C=O) groups is 1. The van der Waals surface area contributed by atoms with Gasteiger partial charge in [-0.3, -0.25) is 4.79 Å². The summed E-state index contributed by atoms with van der Waals surface area (Å²) in [5.41, 5.74) is 0.995. The van der Waals surface area contributed by atoms with Gasteiger partial charge >= 0.3 is 5.97 Å². The molecule has 0 aliphatic carbocycles. The van der Waals surface area contributed by atoms with Crippen molar-refractivity contribution >= 4 is 5.97 Å². The molecule has 1 aromatic rings. The van der Waals surface area contributed by atoms with Crippen LogP contribution in [-0.2, 0) is 9.53 Å². The minimum atomic E-state index is -0.478. The Hall–Kier alpha value is -2.02. The lowest BCUT2D eigenvalue weighted by Crippen LogP contribution is -2.24. The van der Waals surface area contributed by atoms with Crippen LogP contribution >= 0.6 is 0 Å². The lowest BCUT2D eigenvalue weighted by molar-refractivity contribution is -0.155. The van der Waals surface area contributed by atoms with Crippen molar-refractivity contribution in [3.8, 4) is 11.8 Å². The zero-order chi connectivity index (χ0) is 14.5. The van der Waals surface area contributed by atoms with E-state index in [4.69, 9.17) is 14.7 Å². The smallest absolute Gasteiger partial charge is 0.309 e. The largest absolute Gasteiger partial charge is 0.493 e. The Morgan fingerprint density at radius 2 is 2.05 bits per heavy atom. The standard InChI is InChI=1S/C15H19NO3/c1-11-5-6-12(10-16)9-13(11)18-8-7-14(17)19-15(2,3)4/h5-6,9H,7-8H2,1-4H3. The molecule has 0 aliphatic heterocycles. The van der Waals surface area contributed by atoms with Gasteiger partial charge < -0.3 is 9.47 Å². The molecule has 0 saturated carbocycles. The first kappa shape index (κ1) is 15.0. The third kappa shape index (κ3) is 5.43. The summed E-state index contributed by atoms with van der Waals surface area (Å²) in [6.45, 7) is 7.61. The molecule has 1 rings (SSSR count). The molecule has 19 heavy (non-hydrogen) atoms. The lowest BCUT2D eigenvalue weighted by atomic mass is 10.1. The normalized spacial score (nSPS) is 10.7. The van der Waals surface area contributed by atoms with E-state index in [1.807, 2.05) is 33.8 Å². The summed E-state index contributed by atoms with van der Waals surface area (Å²) in [6, 6.07) is 7.28. The van der Waals surface area contributed by atoms with Gasteiger partial charge in [-0.2, -0.15) is 5.26 Å².